The molecule has 0 spiro atoms. The summed E-state index contributed by atoms with van der Waals surface area (Å²) in [6.07, 6.45) is 1.90. The first-order chi connectivity index (χ1) is 20.9. The summed E-state index contributed by atoms with van der Waals surface area (Å²) in [6.45, 7) is 0. The van der Waals surface area contributed by atoms with Crippen molar-refractivity contribution < 1.29 is 0 Å². The minimum Gasteiger partial charge on any atom is -0.309 e. The second-order valence-electron chi connectivity index (χ2n) is 11.2. The highest BCUT2D eigenvalue weighted by Gasteiger charge is 2.24. The molecule has 10 rings (SSSR count). The Balaban J connectivity index is 1.28. The third-order valence-corrected chi connectivity index (χ3v) is 9.11. The lowest BCUT2D eigenvalue weighted by Gasteiger charge is -2.14. The van der Waals surface area contributed by atoms with Gasteiger partial charge in [0.2, 0.25) is 0 Å². The van der Waals surface area contributed by atoms with E-state index in [-0.39, 0.29) is 0 Å². The van der Waals surface area contributed by atoms with Gasteiger partial charge in [-0.1, -0.05) is 84.9 Å². The maximum absolute atomic E-state index is 4.76. The number of fused-ring (bicyclic) bond motifs is 9. The van der Waals surface area contributed by atoms with Crippen molar-refractivity contribution in [3.63, 3.8) is 0 Å². The van der Waals surface area contributed by atoms with Crippen molar-refractivity contribution in [3.8, 4) is 33.8 Å². The zero-order valence-corrected chi connectivity index (χ0v) is 22.6. The third kappa shape index (κ3) is 2.72. The number of nitrogens with zero attached hydrogens (tertiary/aromatic N) is 3. The Morgan fingerprint density at radius 2 is 1.02 bits per heavy atom. The van der Waals surface area contributed by atoms with E-state index in [0.717, 1.165) is 5.69 Å². The van der Waals surface area contributed by atoms with Crippen LogP contribution < -0.4 is 0 Å². The van der Waals surface area contributed by atoms with Crippen LogP contribution in [0.5, 0.6) is 0 Å². The molecule has 0 saturated heterocycles. The first-order valence-corrected chi connectivity index (χ1v) is 14.4. The van der Waals surface area contributed by atoms with Crippen molar-refractivity contribution in [2.75, 3.05) is 0 Å². The average molecular weight is 534 g/mol. The predicted molar refractivity (Wildman–Crippen MR) is 175 cm³/mol. The average Bonchev–Trinajstić information content (AvgIpc) is 3.68. The monoisotopic (exact) mass is 533 g/mol. The zero-order valence-electron chi connectivity index (χ0n) is 22.6. The van der Waals surface area contributed by atoms with E-state index in [0.29, 0.717) is 0 Å². The van der Waals surface area contributed by atoms with Gasteiger partial charge in [-0.25, -0.2) is 0 Å². The number of hydrogen-bond acceptors (Lipinski definition) is 1. The van der Waals surface area contributed by atoms with Gasteiger partial charge in [0.1, 0.15) is 0 Å². The summed E-state index contributed by atoms with van der Waals surface area (Å²) in [5.41, 5.74) is 12.0. The second kappa shape index (κ2) is 7.96. The number of aromatic nitrogens is 3. The summed E-state index contributed by atoms with van der Waals surface area (Å²) in [7, 11) is 0. The van der Waals surface area contributed by atoms with Gasteiger partial charge in [-0.15, -0.1) is 0 Å². The summed E-state index contributed by atoms with van der Waals surface area (Å²) >= 11 is 0. The standard InChI is InChI=1S/C39H23N3/c1-4-15-33-25(9-1)26-10-2-5-16-34(26)41(33)24-18-20-37-32(23-24)27-11-3-6-17-35(27)42(37)36-21-19-28-29-14-8-22-40-39(29)31-13-7-12-30(36)38(28)31/h1-23H. The molecule has 0 radical (unpaired) electrons. The lowest BCUT2D eigenvalue weighted by atomic mass is 10.0. The number of hydrogen-bond donors (Lipinski definition) is 0. The molecule has 0 fully saturated rings. The SMILES string of the molecule is c1cnc2c(c1)-c1ccc(-n3c4ccccc4c4cc(-n5c6ccccc6c6ccccc65)ccc43)c3cccc-2c13. The van der Waals surface area contributed by atoms with Gasteiger partial charge in [0.15, 0.2) is 0 Å². The molecule has 9 aromatic rings. The fraction of sp³-hybridized carbons (Fsp3) is 0. The van der Waals surface area contributed by atoms with Crippen molar-refractivity contribution in [2.24, 2.45) is 0 Å². The van der Waals surface area contributed by atoms with Crippen molar-refractivity contribution in [3.05, 3.63) is 140 Å². The number of pyridine rings is 1. The zero-order chi connectivity index (χ0) is 27.4. The van der Waals surface area contributed by atoms with Crippen LogP contribution in [-0.4, -0.2) is 14.1 Å². The quantitative estimate of drug-likeness (QED) is 0.217. The topological polar surface area (TPSA) is 22.8 Å². The largest absolute Gasteiger partial charge is 0.309 e. The number of rotatable bonds is 2. The summed E-state index contributed by atoms with van der Waals surface area (Å²) in [5, 5.41) is 7.59. The molecule has 0 bridgehead atoms. The van der Waals surface area contributed by atoms with Crippen molar-refractivity contribution in [1.29, 1.82) is 0 Å². The van der Waals surface area contributed by atoms with Gasteiger partial charge in [-0.05, 0) is 54.1 Å². The number of para-hydroxylation sites is 3. The van der Waals surface area contributed by atoms with Crippen LogP contribution >= 0.6 is 0 Å². The van der Waals surface area contributed by atoms with Gasteiger partial charge >= 0.3 is 0 Å². The molecule has 0 atom stereocenters. The summed E-state index contributed by atoms with van der Waals surface area (Å²) < 4.78 is 4.85. The highest BCUT2D eigenvalue weighted by molar-refractivity contribution is 6.18. The van der Waals surface area contributed by atoms with E-state index < -0.39 is 0 Å². The van der Waals surface area contributed by atoms with Crippen LogP contribution in [0.3, 0.4) is 0 Å². The molecule has 1 aliphatic rings. The Morgan fingerprint density at radius 3 is 1.79 bits per heavy atom. The molecule has 0 saturated carbocycles. The van der Waals surface area contributed by atoms with E-state index in [4.69, 9.17) is 4.98 Å². The van der Waals surface area contributed by atoms with E-state index in [1.54, 1.807) is 0 Å². The first kappa shape index (κ1) is 22.1. The molecule has 194 valence electrons. The van der Waals surface area contributed by atoms with Gasteiger partial charge in [-0.2, -0.15) is 0 Å². The molecule has 0 N–H and O–H groups in total. The maximum atomic E-state index is 4.76. The van der Waals surface area contributed by atoms with E-state index in [1.807, 2.05) is 12.3 Å². The Hall–Kier alpha value is -5.67. The van der Waals surface area contributed by atoms with Crippen LogP contribution in [0.2, 0.25) is 0 Å². The molecule has 3 heterocycles. The van der Waals surface area contributed by atoms with E-state index in [9.17, 15) is 0 Å². The minimum atomic E-state index is 1.08. The lowest BCUT2D eigenvalue weighted by molar-refractivity contribution is 1.17. The van der Waals surface area contributed by atoms with Crippen LogP contribution in [0.25, 0.3) is 88.1 Å². The second-order valence-corrected chi connectivity index (χ2v) is 11.2. The molecular weight excluding hydrogens is 510 g/mol. The molecule has 0 unspecified atom stereocenters. The Morgan fingerprint density at radius 1 is 0.405 bits per heavy atom. The summed E-state index contributed by atoms with van der Waals surface area (Å²) in [5.74, 6) is 0. The van der Waals surface area contributed by atoms with Gasteiger partial charge in [0.05, 0.1) is 33.4 Å². The van der Waals surface area contributed by atoms with Crippen LogP contribution in [0.1, 0.15) is 0 Å². The molecular formula is C39H23N3. The van der Waals surface area contributed by atoms with E-state index in [1.165, 1.54) is 82.4 Å². The normalized spacial score (nSPS) is 12.3. The molecule has 1 aliphatic carbocycles. The molecule has 6 aromatic carbocycles. The van der Waals surface area contributed by atoms with Crippen LogP contribution in [0.4, 0.5) is 0 Å². The molecule has 42 heavy (non-hydrogen) atoms. The van der Waals surface area contributed by atoms with Crippen molar-refractivity contribution >= 4 is 54.4 Å². The maximum Gasteiger partial charge on any atom is 0.0786 e. The smallest absolute Gasteiger partial charge is 0.0786 e. The van der Waals surface area contributed by atoms with Gasteiger partial charge in [0.25, 0.3) is 0 Å². The predicted octanol–water partition coefficient (Wildman–Crippen LogP) is 10.1. The Kier molecular flexibility index (Phi) is 4.18. The van der Waals surface area contributed by atoms with Crippen LogP contribution in [-0.2, 0) is 0 Å². The molecule has 0 aliphatic heterocycles. The highest BCUT2D eigenvalue weighted by atomic mass is 15.0. The van der Waals surface area contributed by atoms with E-state index in [2.05, 4.69) is 137 Å². The molecule has 0 amide bonds. The molecule has 3 nitrogen and oxygen atoms in total. The third-order valence-electron chi connectivity index (χ3n) is 9.11. The molecule has 3 aromatic heterocycles. The summed E-state index contributed by atoms with van der Waals surface area (Å²) in [6, 6.07) is 48.6. The minimum absolute atomic E-state index is 1.08. The lowest BCUT2D eigenvalue weighted by Crippen LogP contribution is -1.97. The van der Waals surface area contributed by atoms with Crippen LogP contribution in [0.15, 0.2) is 140 Å². The van der Waals surface area contributed by atoms with E-state index >= 15 is 0 Å². The Bertz CT molecular complexity index is 2500. The van der Waals surface area contributed by atoms with Crippen molar-refractivity contribution in [2.45, 2.75) is 0 Å². The summed E-state index contributed by atoms with van der Waals surface area (Å²) in [4.78, 5) is 4.76. The van der Waals surface area contributed by atoms with Gasteiger partial charge < -0.3 is 9.13 Å². The van der Waals surface area contributed by atoms with Crippen molar-refractivity contribution in [1.82, 2.24) is 14.1 Å². The first-order valence-electron chi connectivity index (χ1n) is 14.4. The van der Waals surface area contributed by atoms with Gasteiger partial charge in [-0.3, -0.25) is 4.98 Å². The Labute approximate surface area is 241 Å². The fourth-order valence-electron chi connectivity index (χ4n) is 7.41. The van der Waals surface area contributed by atoms with Gasteiger partial charge in [0, 0.05) is 55.3 Å². The highest BCUT2D eigenvalue weighted by Crippen LogP contribution is 2.48. The molecule has 3 heteroatoms. The van der Waals surface area contributed by atoms with Crippen LogP contribution in [0, 0.1) is 0 Å². The number of benzene rings is 6. The fourth-order valence-corrected chi connectivity index (χ4v) is 7.41.